The van der Waals surface area contributed by atoms with Crippen LogP contribution in [0.5, 0.6) is 11.5 Å². The largest absolute Gasteiger partial charge is 0.497 e. The minimum absolute atomic E-state index is 0.0409. The number of anilines is 3. The summed E-state index contributed by atoms with van der Waals surface area (Å²) in [4.78, 5) is 26.7. The van der Waals surface area contributed by atoms with Gasteiger partial charge in [0.2, 0.25) is 5.95 Å². The number of ether oxygens (including phenoxy) is 2. The van der Waals surface area contributed by atoms with E-state index in [2.05, 4.69) is 20.3 Å². The molecule has 1 N–H and O–H groups in total. The van der Waals surface area contributed by atoms with E-state index in [1.807, 2.05) is 72.5 Å². The first-order valence-electron chi connectivity index (χ1n) is 12.4. The summed E-state index contributed by atoms with van der Waals surface area (Å²) in [6.07, 6.45) is 0. The fourth-order valence-electron chi connectivity index (χ4n) is 4.44. The topological polar surface area (TPSA) is 97.6 Å². The monoisotopic (exact) mass is 513 g/mol. The number of carbonyl (C=O) groups excluding carboxylic acids is 1. The van der Waals surface area contributed by atoms with E-state index in [-0.39, 0.29) is 5.91 Å². The fourth-order valence-corrected chi connectivity index (χ4v) is 4.44. The maximum absolute atomic E-state index is 13.4. The predicted molar refractivity (Wildman–Crippen MR) is 146 cm³/mol. The van der Waals surface area contributed by atoms with Gasteiger partial charge in [0.25, 0.3) is 5.91 Å². The average Bonchev–Trinajstić information content (AvgIpc) is 3.34. The van der Waals surface area contributed by atoms with Crippen molar-refractivity contribution >= 4 is 23.4 Å². The Bertz CT molecular complexity index is 1430. The van der Waals surface area contributed by atoms with E-state index in [1.165, 1.54) is 0 Å². The summed E-state index contributed by atoms with van der Waals surface area (Å²) in [5.74, 6) is 2.87. The van der Waals surface area contributed by atoms with Crippen molar-refractivity contribution in [3.63, 3.8) is 0 Å². The van der Waals surface area contributed by atoms with Crippen molar-refractivity contribution in [3.8, 4) is 22.8 Å². The van der Waals surface area contributed by atoms with Crippen LogP contribution in [0, 0.1) is 6.92 Å². The van der Waals surface area contributed by atoms with Gasteiger partial charge < -0.3 is 24.6 Å². The Morgan fingerprint density at radius 2 is 1.63 bits per heavy atom. The summed E-state index contributed by atoms with van der Waals surface area (Å²) in [6, 6.07) is 19.1. The van der Waals surface area contributed by atoms with Crippen molar-refractivity contribution in [1.82, 2.24) is 24.6 Å². The molecule has 1 fully saturated rings. The molecule has 1 aliphatic rings. The zero-order chi connectivity index (χ0) is 26.6. The van der Waals surface area contributed by atoms with Gasteiger partial charge >= 0.3 is 0 Å². The first-order chi connectivity index (χ1) is 18.4. The molecule has 2 aromatic carbocycles. The zero-order valence-corrected chi connectivity index (χ0v) is 22.0. The molecule has 0 saturated carbocycles. The van der Waals surface area contributed by atoms with Gasteiger partial charge in [-0.1, -0.05) is 12.1 Å². The lowest BCUT2D eigenvalue weighted by Gasteiger charge is -2.34. The van der Waals surface area contributed by atoms with Gasteiger partial charge in [0.05, 0.1) is 19.9 Å². The van der Waals surface area contributed by atoms with Gasteiger partial charge in [-0.3, -0.25) is 9.48 Å². The third-order valence-electron chi connectivity index (χ3n) is 6.52. The number of aryl methyl sites for hydroxylation is 2. The van der Waals surface area contributed by atoms with Crippen LogP contribution in [0.2, 0.25) is 0 Å². The van der Waals surface area contributed by atoms with Gasteiger partial charge in [0.1, 0.15) is 23.0 Å². The Balaban J connectivity index is 1.25. The molecule has 1 saturated heterocycles. The van der Waals surface area contributed by atoms with E-state index in [0.717, 1.165) is 40.0 Å². The van der Waals surface area contributed by atoms with Crippen LogP contribution in [0.4, 0.5) is 17.5 Å². The normalized spacial score (nSPS) is 13.4. The summed E-state index contributed by atoms with van der Waals surface area (Å²) in [7, 11) is 5.07. The van der Waals surface area contributed by atoms with Crippen LogP contribution in [0.15, 0.2) is 60.7 Å². The lowest BCUT2D eigenvalue weighted by molar-refractivity contribution is 0.0735. The van der Waals surface area contributed by atoms with Crippen molar-refractivity contribution in [3.05, 3.63) is 72.1 Å². The molecular weight excluding hydrogens is 482 g/mol. The van der Waals surface area contributed by atoms with Crippen LogP contribution >= 0.6 is 0 Å². The van der Waals surface area contributed by atoms with Crippen LogP contribution < -0.4 is 19.7 Å². The minimum atomic E-state index is -0.0409. The fraction of sp³-hybridized carbons (Fsp3) is 0.286. The Hall–Kier alpha value is -4.60. The SMILES string of the molecule is COc1ccc(Nc2cc(C)nc(N3CCN(C(=O)c4cc(-c5cccc(OC)c5)nn4C)CC3)n2)cc1. The summed E-state index contributed by atoms with van der Waals surface area (Å²) in [5, 5.41) is 7.91. The maximum Gasteiger partial charge on any atom is 0.272 e. The number of nitrogens with one attached hydrogen (secondary N) is 1. The number of rotatable bonds is 7. The number of benzene rings is 2. The van der Waals surface area contributed by atoms with Crippen molar-refractivity contribution < 1.29 is 14.3 Å². The van der Waals surface area contributed by atoms with E-state index >= 15 is 0 Å². The molecule has 2 aromatic heterocycles. The van der Waals surface area contributed by atoms with Gasteiger partial charge in [0, 0.05) is 56.2 Å². The second-order valence-corrected chi connectivity index (χ2v) is 9.10. The van der Waals surface area contributed by atoms with Gasteiger partial charge in [-0.15, -0.1) is 0 Å². The molecule has 0 bridgehead atoms. The molecule has 0 spiro atoms. The van der Waals surface area contributed by atoms with Crippen molar-refractivity contribution in [2.75, 3.05) is 50.6 Å². The first-order valence-corrected chi connectivity index (χ1v) is 12.4. The van der Waals surface area contributed by atoms with E-state index in [9.17, 15) is 4.79 Å². The number of amides is 1. The van der Waals surface area contributed by atoms with Gasteiger partial charge in [-0.25, -0.2) is 4.98 Å². The van der Waals surface area contributed by atoms with Crippen LogP contribution in [-0.2, 0) is 7.05 Å². The quantitative estimate of drug-likeness (QED) is 0.397. The van der Waals surface area contributed by atoms with Gasteiger partial charge in [-0.05, 0) is 49.4 Å². The third-order valence-corrected chi connectivity index (χ3v) is 6.52. The van der Waals surface area contributed by atoms with Crippen molar-refractivity contribution in [2.24, 2.45) is 7.05 Å². The third kappa shape index (κ3) is 5.39. The molecule has 0 unspecified atom stereocenters. The van der Waals surface area contributed by atoms with E-state index in [1.54, 1.807) is 25.9 Å². The molecular formula is C28H31N7O3. The first kappa shape index (κ1) is 25.1. The molecule has 0 atom stereocenters. The van der Waals surface area contributed by atoms with E-state index < -0.39 is 0 Å². The molecule has 1 amide bonds. The number of aromatic nitrogens is 4. The summed E-state index contributed by atoms with van der Waals surface area (Å²) in [6.45, 7) is 4.36. The highest BCUT2D eigenvalue weighted by atomic mass is 16.5. The zero-order valence-electron chi connectivity index (χ0n) is 22.0. The highest BCUT2D eigenvalue weighted by Gasteiger charge is 2.26. The average molecular weight is 514 g/mol. The van der Waals surface area contributed by atoms with Crippen molar-refractivity contribution in [2.45, 2.75) is 6.92 Å². The lowest BCUT2D eigenvalue weighted by atomic mass is 10.1. The Kier molecular flexibility index (Phi) is 7.12. The number of piperazine rings is 1. The number of methoxy groups -OCH3 is 2. The van der Waals surface area contributed by atoms with Gasteiger partial charge in [-0.2, -0.15) is 10.1 Å². The lowest BCUT2D eigenvalue weighted by Crippen LogP contribution is -2.49. The molecule has 4 aromatic rings. The van der Waals surface area contributed by atoms with Crippen LogP contribution in [0.1, 0.15) is 16.2 Å². The van der Waals surface area contributed by atoms with Gasteiger partial charge in [0.15, 0.2) is 0 Å². The molecule has 10 nitrogen and oxygen atoms in total. The van der Waals surface area contributed by atoms with Crippen LogP contribution in [0.3, 0.4) is 0 Å². The summed E-state index contributed by atoms with van der Waals surface area (Å²) in [5.41, 5.74) is 3.96. The van der Waals surface area contributed by atoms with E-state index in [4.69, 9.17) is 14.5 Å². The van der Waals surface area contributed by atoms with Crippen LogP contribution in [-0.4, -0.2) is 71.0 Å². The number of hydrogen-bond acceptors (Lipinski definition) is 8. The Labute approximate surface area is 221 Å². The molecule has 5 rings (SSSR count). The summed E-state index contributed by atoms with van der Waals surface area (Å²) < 4.78 is 12.2. The molecule has 196 valence electrons. The molecule has 0 aliphatic carbocycles. The molecule has 3 heterocycles. The molecule has 10 heteroatoms. The maximum atomic E-state index is 13.4. The number of carbonyl (C=O) groups is 1. The minimum Gasteiger partial charge on any atom is -0.497 e. The highest BCUT2D eigenvalue weighted by molar-refractivity contribution is 5.94. The molecule has 0 radical (unpaired) electrons. The van der Waals surface area contributed by atoms with E-state index in [0.29, 0.717) is 37.8 Å². The summed E-state index contributed by atoms with van der Waals surface area (Å²) >= 11 is 0. The Morgan fingerprint density at radius 1 is 0.895 bits per heavy atom. The number of hydrogen-bond donors (Lipinski definition) is 1. The molecule has 1 aliphatic heterocycles. The Morgan fingerprint density at radius 3 is 2.34 bits per heavy atom. The van der Waals surface area contributed by atoms with Crippen molar-refractivity contribution in [1.29, 1.82) is 0 Å². The second-order valence-electron chi connectivity index (χ2n) is 9.10. The molecule has 38 heavy (non-hydrogen) atoms. The van der Waals surface area contributed by atoms with Crippen LogP contribution in [0.25, 0.3) is 11.3 Å². The number of nitrogens with zero attached hydrogens (tertiary/aromatic N) is 6. The second kappa shape index (κ2) is 10.8. The standard InChI is InChI=1S/C28H31N7O3/c1-19-16-26(30-21-8-10-22(37-3)11-9-21)31-28(29-19)35-14-12-34(13-15-35)27(36)25-18-24(32-33(25)2)20-6-5-7-23(17-20)38-4/h5-11,16-18H,12-15H2,1-4H3,(H,29,30,31). The highest BCUT2D eigenvalue weighted by Crippen LogP contribution is 2.25. The smallest absolute Gasteiger partial charge is 0.272 e. The predicted octanol–water partition coefficient (Wildman–Crippen LogP) is 3.91.